The van der Waals surface area contributed by atoms with Crippen molar-refractivity contribution in [1.82, 2.24) is 20.6 Å². The van der Waals surface area contributed by atoms with Gasteiger partial charge in [-0.1, -0.05) is 35.9 Å². The molecule has 0 aliphatic carbocycles. The molecule has 7 nitrogen and oxygen atoms in total. The van der Waals surface area contributed by atoms with Crippen LogP contribution in [0.25, 0.3) is 5.69 Å². The van der Waals surface area contributed by atoms with E-state index in [1.807, 2.05) is 49.4 Å². The average molecular weight is 364 g/mol. The monoisotopic (exact) mass is 364 g/mol. The lowest BCUT2D eigenvalue weighted by molar-refractivity contribution is -0.129. The van der Waals surface area contributed by atoms with E-state index in [-0.39, 0.29) is 18.9 Å². The van der Waals surface area contributed by atoms with Crippen molar-refractivity contribution >= 4 is 11.8 Å². The fraction of sp³-hybridized carbons (Fsp3) is 0.150. The van der Waals surface area contributed by atoms with Gasteiger partial charge in [-0.3, -0.25) is 20.4 Å². The topological polar surface area (TPSA) is 85.2 Å². The Bertz CT molecular complexity index is 904. The summed E-state index contributed by atoms with van der Waals surface area (Å²) in [4.78, 5) is 23.7. The minimum Gasteiger partial charge on any atom is -0.484 e. The number of para-hydroxylation sites is 1. The second-order valence-corrected chi connectivity index (χ2v) is 6.00. The predicted molar refractivity (Wildman–Crippen MR) is 100 cm³/mol. The number of ether oxygens (including phenoxy) is 1. The van der Waals surface area contributed by atoms with E-state index in [1.54, 1.807) is 29.2 Å². The lowest BCUT2D eigenvalue weighted by Gasteiger charge is -2.08. The number of nitrogens with zero attached hydrogens (tertiary/aromatic N) is 2. The summed E-state index contributed by atoms with van der Waals surface area (Å²) in [5, 5.41) is 4.23. The number of amides is 2. The van der Waals surface area contributed by atoms with Crippen molar-refractivity contribution < 1.29 is 14.3 Å². The minimum atomic E-state index is -0.441. The van der Waals surface area contributed by atoms with Crippen molar-refractivity contribution in [3.05, 3.63) is 78.1 Å². The highest BCUT2D eigenvalue weighted by atomic mass is 16.5. The van der Waals surface area contributed by atoms with E-state index in [0.717, 1.165) is 16.8 Å². The summed E-state index contributed by atoms with van der Waals surface area (Å²) in [6.45, 7) is 1.78. The van der Waals surface area contributed by atoms with Crippen LogP contribution in [0.3, 0.4) is 0 Å². The van der Waals surface area contributed by atoms with E-state index in [4.69, 9.17) is 4.74 Å². The molecular formula is C20H20N4O3. The van der Waals surface area contributed by atoms with Crippen molar-refractivity contribution in [2.45, 2.75) is 13.3 Å². The molecule has 0 saturated carbocycles. The quantitative estimate of drug-likeness (QED) is 0.655. The number of benzene rings is 2. The highest BCUT2D eigenvalue weighted by Crippen LogP contribution is 2.11. The van der Waals surface area contributed by atoms with Crippen molar-refractivity contribution in [2.75, 3.05) is 6.61 Å². The van der Waals surface area contributed by atoms with Gasteiger partial charge in [0.1, 0.15) is 5.75 Å². The summed E-state index contributed by atoms with van der Waals surface area (Å²) in [5.41, 5.74) is 7.45. The molecule has 0 bridgehead atoms. The van der Waals surface area contributed by atoms with Gasteiger partial charge < -0.3 is 4.74 Å². The predicted octanol–water partition coefficient (Wildman–Crippen LogP) is 1.95. The summed E-state index contributed by atoms with van der Waals surface area (Å²) in [6.07, 6.45) is 3.50. The van der Waals surface area contributed by atoms with Crippen molar-refractivity contribution in [3.63, 3.8) is 0 Å². The third kappa shape index (κ3) is 5.43. The maximum absolute atomic E-state index is 12.0. The van der Waals surface area contributed by atoms with Gasteiger partial charge in [-0.15, -0.1) is 0 Å². The highest BCUT2D eigenvalue weighted by Gasteiger charge is 2.09. The van der Waals surface area contributed by atoms with Crippen LogP contribution in [0.1, 0.15) is 11.1 Å². The SMILES string of the molecule is Cc1ccc(OCC(=O)NNC(=O)Cc2cnn(-c3ccccc3)c2)cc1. The summed E-state index contributed by atoms with van der Waals surface area (Å²) in [6, 6.07) is 16.9. The summed E-state index contributed by atoms with van der Waals surface area (Å²) >= 11 is 0. The molecule has 0 atom stereocenters. The van der Waals surface area contributed by atoms with Crippen LogP contribution in [0.15, 0.2) is 67.0 Å². The van der Waals surface area contributed by atoms with Gasteiger partial charge >= 0.3 is 0 Å². The van der Waals surface area contributed by atoms with Crippen LogP contribution >= 0.6 is 0 Å². The Labute approximate surface area is 156 Å². The summed E-state index contributed by atoms with van der Waals surface area (Å²) in [7, 11) is 0. The molecule has 3 rings (SSSR count). The first-order valence-electron chi connectivity index (χ1n) is 8.46. The van der Waals surface area contributed by atoms with Crippen LogP contribution < -0.4 is 15.6 Å². The number of hydrazine groups is 1. The van der Waals surface area contributed by atoms with Gasteiger partial charge in [0.15, 0.2) is 6.61 Å². The van der Waals surface area contributed by atoms with E-state index < -0.39 is 5.91 Å². The van der Waals surface area contributed by atoms with Gasteiger partial charge in [-0.2, -0.15) is 5.10 Å². The number of nitrogens with one attached hydrogen (secondary N) is 2. The van der Waals surface area contributed by atoms with E-state index in [2.05, 4.69) is 16.0 Å². The van der Waals surface area contributed by atoms with Crippen LogP contribution in [0, 0.1) is 6.92 Å². The molecular weight excluding hydrogens is 344 g/mol. The largest absolute Gasteiger partial charge is 0.484 e. The number of hydrogen-bond donors (Lipinski definition) is 2. The van der Waals surface area contributed by atoms with E-state index >= 15 is 0 Å². The van der Waals surface area contributed by atoms with Crippen molar-refractivity contribution in [3.8, 4) is 11.4 Å². The molecule has 0 fully saturated rings. The number of carbonyl (C=O) groups excluding carboxylic acids is 2. The normalized spacial score (nSPS) is 10.3. The zero-order valence-electron chi connectivity index (χ0n) is 14.9. The highest BCUT2D eigenvalue weighted by molar-refractivity contribution is 5.83. The van der Waals surface area contributed by atoms with Gasteiger partial charge in [0, 0.05) is 6.20 Å². The molecule has 7 heteroatoms. The molecule has 2 amide bonds. The van der Waals surface area contributed by atoms with E-state index in [0.29, 0.717) is 5.75 Å². The summed E-state index contributed by atoms with van der Waals surface area (Å²) < 4.78 is 7.04. The number of hydrogen-bond acceptors (Lipinski definition) is 4. The average Bonchev–Trinajstić information content (AvgIpc) is 3.15. The lowest BCUT2D eigenvalue weighted by atomic mass is 10.2. The lowest BCUT2D eigenvalue weighted by Crippen LogP contribution is -2.44. The molecule has 0 aliphatic heterocycles. The maximum atomic E-state index is 12.0. The van der Waals surface area contributed by atoms with Crippen LogP contribution in [-0.4, -0.2) is 28.2 Å². The molecule has 1 heterocycles. The molecule has 1 aromatic heterocycles. The Morgan fingerprint density at radius 3 is 2.44 bits per heavy atom. The molecule has 2 aromatic carbocycles. The first kappa shape index (κ1) is 18.2. The van der Waals surface area contributed by atoms with Gasteiger partial charge in [0.05, 0.1) is 18.3 Å². The molecule has 0 spiro atoms. The Kier molecular flexibility index (Phi) is 5.84. The van der Waals surface area contributed by atoms with Gasteiger partial charge in [0.25, 0.3) is 5.91 Å². The maximum Gasteiger partial charge on any atom is 0.276 e. The van der Waals surface area contributed by atoms with Crippen LogP contribution in [0.5, 0.6) is 5.75 Å². The van der Waals surface area contributed by atoms with Crippen molar-refractivity contribution in [2.24, 2.45) is 0 Å². The first-order chi connectivity index (χ1) is 13.1. The Hall–Kier alpha value is -3.61. The van der Waals surface area contributed by atoms with Gasteiger partial charge in [0.2, 0.25) is 5.91 Å². The molecule has 3 aromatic rings. The molecule has 0 saturated heterocycles. The fourth-order valence-electron chi connectivity index (χ4n) is 2.36. The van der Waals surface area contributed by atoms with Crippen LogP contribution in [-0.2, 0) is 16.0 Å². The molecule has 138 valence electrons. The van der Waals surface area contributed by atoms with Gasteiger partial charge in [-0.05, 0) is 36.8 Å². The first-order valence-corrected chi connectivity index (χ1v) is 8.46. The third-order valence-corrected chi connectivity index (χ3v) is 3.75. The second kappa shape index (κ2) is 8.66. The van der Waals surface area contributed by atoms with Crippen LogP contribution in [0.2, 0.25) is 0 Å². The zero-order valence-corrected chi connectivity index (χ0v) is 14.9. The fourth-order valence-corrected chi connectivity index (χ4v) is 2.36. The number of carbonyl (C=O) groups is 2. The molecule has 0 unspecified atom stereocenters. The standard InChI is InChI=1S/C20H20N4O3/c1-15-7-9-18(10-8-15)27-14-20(26)23-22-19(25)11-16-12-21-24(13-16)17-5-3-2-4-6-17/h2-10,12-13H,11,14H2,1H3,(H,22,25)(H,23,26). The van der Waals surface area contributed by atoms with Crippen LogP contribution in [0.4, 0.5) is 0 Å². The Morgan fingerprint density at radius 2 is 1.70 bits per heavy atom. The molecule has 27 heavy (non-hydrogen) atoms. The van der Waals surface area contributed by atoms with E-state index in [1.165, 1.54) is 0 Å². The molecule has 0 radical (unpaired) electrons. The van der Waals surface area contributed by atoms with Crippen molar-refractivity contribution in [1.29, 1.82) is 0 Å². The second-order valence-electron chi connectivity index (χ2n) is 6.00. The number of rotatable bonds is 6. The zero-order chi connectivity index (χ0) is 19.1. The van der Waals surface area contributed by atoms with E-state index in [9.17, 15) is 9.59 Å². The third-order valence-electron chi connectivity index (χ3n) is 3.75. The number of aromatic nitrogens is 2. The smallest absolute Gasteiger partial charge is 0.276 e. The minimum absolute atomic E-state index is 0.103. The summed E-state index contributed by atoms with van der Waals surface area (Å²) in [5.74, 6) is -0.189. The Balaban J connectivity index is 1.42. The number of aryl methyl sites for hydroxylation is 1. The molecule has 2 N–H and O–H groups in total. The molecule has 0 aliphatic rings. The van der Waals surface area contributed by atoms with Gasteiger partial charge in [-0.25, -0.2) is 4.68 Å². The Morgan fingerprint density at radius 1 is 1.00 bits per heavy atom.